The minimum absolute atomic E-state index is 0.0585. The van der Waals surface area contributed by atoms with E-state index < -0.39 is 0 Å². The van der Waals surface area contributed by atoms with Crippen molar-refractivity contribution in [3.8, 4) is 0 Å². The number of aryl methyl sites for hydroxylation is 1. The first kappa shape index (κ1) is 17.8. The number of rotatable bonds is 5. The minimum atomic E-state index is -0.367. The van der Waals surface area contributed by atoms with Gasteiger partial charge in [-0.2, -0.15) is 0 Å². The van der Waals surface area contributed by atoms with Gasteiger partial charge in [0.25, 0.3) is 11.5 Å². The molecule has 0 spiro atoms. The zero-order chi connectivity index (χ0) is 18.7. The molecule has 2 aromatic heterocycles. The van der Waals surface area contributed by atoms with Crippen LogP contribution < -0.4 is 10.9 Å². The Morgan fingerprint density at radius 2 is 2.00 bits per heavy atom. The average molecular weight is 371 g/mol. The maximum atomic E-state index is 12.7. The SMILES string of the molecule is CCOC(=O)Cc1csc(NC(=O)c2cn(C)c(=O)c3ccccc23)n1. The third-order valence-electron chi connectivity index (χ3n) is 3.74. The molecule has 1 amide bonds. The number of fused-ring (bicyclic) bond motifs is 1. The lowest BCUT2D eigenvalue weighted by Gasteiger charge is -2.08. The molecule has 0 bridgehead atoms. The molecule has 134 valence electrons. The first-order chi connectivity index (χ1) is 12.5. The molecular weight excluding hydrogens is 354 g/mol. The number of thiazole rings is 1. The van der Waals surface area contributed by atoms with Crippen LogP contribution in [-0.2, 0) is 23.0 Å². The van der Waals surface area contributed by atoms with E-state index >= 15 is 0 Å². The zero-order valence-electron chi connectivity index (χ0n) is 14.3. The zero-order valence-corrected chi connectivity index (χ0v) is 15.1. The van der Waals surface area contributed by atoms with E-state index in [1.807, 2.05) is 0 Å². The van der Waals surface area contributed by atoms with Crippen LogP contribution in [0.5, 0.6) is 0 Å². The predicted molar refractivity (Wildman–Crippen MR) is 99.6 cm³/mol. The summed E-state index contributed by atoms with van der Waals surface area (Å²) in [5.74, 6) is -0.728. The van der Waals surface area contributed by atoms with Gasteiger partial charge in [0.15, 0.2) is 5.13 Å². The quantitative estimate of drug-likeness (QED) is 0.695. The number of amides is 1. The summed E-state index contributed by atoms with van der Waals surface area (Å²) in [6.45, 7) is 2.05. The molecule has 0 radical (unpaired) electrons. The molecule has 0 aliphatic rings. The van der Waals surface area contributed by atoms with Crippen molar-refractivity contribution in [2.24, 2.45) is 7.05 Å². The van der Waals surface area contributed by atoms with Crippen molar-refractivity contribution in [2.45, 2.75) is 13.3 Å². The fraction of sp³-hybridized carbons (Fsp3) is 0.222. The average Bonchev–Trinajstić information content (AvgIpc) is 3.05. The molecule has 26 heavy (non-hydrogen) atoms. The van der Waals surface area contributed by atoms with E-state index in [9.17, 15) is 14.4 Å². The highest BCUT2D eigenvalue weighted by Gasteiger charge is 2.16. The molecule has 3 rings (SSSR count). The lowest BCUT2D eigenvalue weighted by molar-refractivity contribution is -0.142. The summed E-state index contributed by atoms with van der Waals surface area (Å²) in [7, 11) is 1.60. The van der Waals surface area contributed by atoms with Crippen LogP contribution in [0, 0.1) is 0 Å². The normalized spacial score (nSPS) is 10.7. The molecule has 0 aliphatic carbocycles. The lowest BCUT2D eigenvalue weighted by atomic mass is 10.1. The lowest BCUT2D eigenvalue weighted by Crippen LogP contribution is -2.21. The first-order valence-corrected chi connectivity index (χ1v) is 8.87. The maximum absolute atomic E-state index is 12.7. The second-order valence-electron chi connectivity index (χ2n) is 5.58. The first-order valence-electron chi connectivity index (χ1n) is 7.99. The van der Waals surface area contributed by atoms with Gasteiger partial charge >= 0.3 is 5.97 Å². The number of carbonyl (C=O) groups is 2. The number of benzene rings is 1. The highest BCUT2D eigenvalue weighted by Crippen LogP contribution is 2.20. The van der Waals surface area contributed by atoms with E-state index in [1.54, 1.807) is 43.6 Å². The van der Waals surface area contributed by atoms with Crippen molar-refractivity contribution in [1.29, 1.82) is 0 Å². The van der Waals surface area contributed by atoms with Gasteiger partial charge in [0.1, 0.15) is 0 Å². The fourth-order valence-electron chi connectivity index (χ4n) is 2.57. The van der Waals surface area contributed by atoms with Crippen LogP contribution in [0.2, 0.25) is 0 Å². The summed E-state index contributed by atoms with van der Waals surface area (Å²) in [6, 6.07) is 6.96. The number of esters is 1. The van der Waals surface area contributed by atoms with Gasteiger partial charge in [-0.25, -0.2) is 4.98 Å². The van der Waals surface area contributed by atoms with Crippen molar-refractivity contribution >= 4 is 39.1 Å². The molecule has 7 nitrogen and oxygen atoms in total. The molecule has 0 fully saturated rings. The Labute approximate surface area is 153 Å². The molecule has 0 saturated heterocycles. The number of nitrogens with one attached hydrogen (secondary N) is 1. The number of nitrogens with zero attached hydrogens (tertiary/aromatic N) is 2. The van der Waals surface area contributed by atoms with E-state index in [-0.39, 0.29) is 23.9 Å². The number of carbonyl (C=O) groups excluding carboxylic acids is 2. The summed E-state index contributed by atoms with van der Waals surface area (Å²) < 4.78 is 6.26. The Bertz CT molecular complexity index is 1040. The standard InChI is InChI=1S/C18H17N3O4S/c1-3-25-15(22)8-11-10-26-18(19-11)20-16(23)14-9-21(2)17(24)13-7-5-4-6-12(13)14/h4-7,9-10H,3,8H2,1-2H3,(H,19,20,23). The number of ether oxygens (including phenoxy) is 1. The van der Waals surface area contributed by atoms with Gasteiger partial charge in [0.05, 0.1) is 24.3 Å². The molecule has 0 unspecified atom stereocenters. The van der Waals surface area contributed by atoms with Gasteiger partial charge in [-0.05, 0) is 13.0 Å². The van der Waals surface area contributed by atoms with Crippen LogP contribution in [0.15, 0.2) is 40.6 Å². The predicted octanol–water partition coefficient (Wildman–Crippen LogP) is 2.35. The second kappa shape index (κ2) is 7.49. The molecule has 8 heteroatoms. The van der Waals surface area contributed by atoms with Crippen molar-refractivity contribution in [3.63, 3.8) is 0 Å². The van der Waals surface area contributed by atoms with Crippen molar-refractivity contribution < 1.29 is 14.3 Å². The summed E-state index contributed by atoms with van der Waals surface area (Å²) in [5.41, 5.74) is 0.752. The Morgan fingerprint density at radius 3 is 2.73 bits per heavy atom. The highest BCUT2D eigenvalue weighted by atomic mass is 32.1. The number of hydrogen-bond acceptors (Lipinski definition) is 6. The molecule has 3 aromatic rings. The van der Waals surface area contributed by atoms with E-state index in [0.29, 0.717) is 33.8 Å². The van der Waals surface area contributed by atoms with E-state index in [4.69, 9.17) is 4.74 Å². The van der Waals surface area contributed by atoms with Gasteiger partial charge in [-0.3, -0.25) is 19.7 Å². The van der Waals surface area contributed by atoms with Gasteiger partial charge in [-0.15, -0.1) is 11.3 Å². The number of aromatic nitrogens is 2. The summed E-state index contributed by atoms with van der Waals surface area (Å²) in [6.07, 6.45) is 1.57. The van der Waals surface area contributed by atoms with Crippen molar-refractivity contribution in [1.82, 2.24) is 9.55 Å². The van der Waals surface area contributed by atoms with Crippen LogP contribution in [-0.4, -0.2) is 28.0 Å². The summed E-state index contributed by atoms with van der Waals surface area (Å²) in [5, 5.41) is 5.86. The number of anilines is 1. The smallest absolute Gasteiger partial charge is 0.311 e. The topological polar surface area (TPSA) is 90.3 Å². The third-order valence-corrected chi connectivity index (χ3v) is 4.54. The van der Waals surface area contributed by atoms with Gasteiger partial charge in [-0.1, -0.05) is 18.2 Å². The number of pyridine rings is 1. The molecule has 1 aromatic carbocycles. The van der Waals surface area contributed by atoms with E-state index in [0.717, 1.165) is 0 Å². The van der Waals surface area contributed by atoms with Crippen LogP contribution in [0.25, 0.3) is 10.8 Å². The van der Waals surface area contributed by atoms with Crippen LogP contribution in [0.3, 0.4) is 0 Å². The molecule has 0 saturated carbocycles. The highest BCUT2D eigenvalue weighted by molar-refractivity contribution is 7.14. The van der Waals surface area contributed by atoms with Gasteiger partial charge < -0.3 is 9.30 Å². The fourth-order valence-corrected chi connectivity index (χ4v) is 3.27. The number of hydrogen-bond donors (Lipinski definition) is 1. The Kier molecular flexibility index (Phi) is 5.13. The van der Waals surface area contributed by atoms with E-state index in [2.05, 4.69) is 10.3 Å². The largest absolute Gasteiger partial charge is 0.466 e. The van der Waals surface area contributed by atoms with Gasteiger partial charge in [0, 0.05) is 29.4 Å². The Morgan fingerprint density at radius 1 is 1.27 bits per heavy atom. The molecule has 1 N–H and O–H groups in total. The van der Waals surface area contributed by atoms with Crippen molar-refractivity contribution in [3.05, 3.63) is 57.5 Å². The molecule has 2 heterocycles. The van der Waals surface area contributed by atoms with Crippen molar-refractivity contribution in [2.75, 3.05) is 11.9 Å². The molecular formula is C18H17N3O4S. The summed E-state index contributed by atoms with van der Waals surface area (Å²) >= 11 is 1.23. The van der Waals surface area contributed by atoms with Gasteiger partial charge in [0.2, 0.25) is 0 Å². The Hall–Kier alpha value is -3.00. The minimum Gasteiger partial charge on any atom is -0.466 e. The third kappa shape index (κ3) is 3.65. The maximum Gasteiger partial charge on any atom is 0.311 e. The van der Waals surface area contributed by atoms with Crippen LogP contribution >= 0.6 is 11.3 Å². The van der Waals surface area contributed by atoms with E-state index in [1.165, 1.54) is 22.1 Å². The molecule has 0 atom stereocenters. The monoisotopic (exact) mass is 371 g/mol. The molecule has 0 aliphatic heterocycles. The second-order valence-corrected chi connectivity index (χ2v) is 6.44. The Balaban J connectivity index is 1.84. The van der Waals surface area contributed by atoms with Crippen LogP contribution in [0.1, 0.15) is 23.0 Å². The summed E-state index contributed by atoms with van der Waals surface area (Å²) in [4.78, 5) is 40.6. The van der Waals surface area contributed by atoms with Crippen LogP contribution in [0.4, 0.5) is 5.13 Å².